The van der Waals surface area contributed by atoms with Crippen molar-refractivity contribution in [3.63, 3.8) is 0 Å². The van der Waals surface area contributed by atoms with E-state index in [4.69, 9.17) is 5.11 Å². The van der Waals surface area contributed by atoms with Gasteiger partial charge in [0.15, 0.2) is 0 Å². The van der Waals surface area contributed by atoms with Gasteiger partial charge < -0.3 is 10.0 Å². The number of carboxylic acids is 1. The van der Waals surface area contributed by atoms with Crippen molar-refractivity contribution in [2.24, 2.45) is 0 Å². The molecule has 1 aliphatic heterocycles. The first-order chi connectivity index (χ1) is 8.63. The van der Waals surface area contributed by atoms with E-state index in [1.54, 1.807) is 6.07 Å². The minimum Gasteiger partial charge on any atom is -0.478 e. The summed E-state index contributed by atoms with van der Waals surface area (Å²) < 4.78 is 0. The third-order valence-corrected chi connectivity index (χ3v) is 3.72. The number of hydrogen-bond donors (Lipinski definition) is 1. The van der Waals surface area contributed by atoms with Crippen LogP contribution in [0.4, 0.5) is 5.69 Å². The highest BCUT2D eigenvalue weighted by Gasteiger charge is 2.21. The molecule has 3 nitrogen and oxygen atoms in total. The maximum absolute atomic E-state index is 11.0. The predicted molar refractivity (Wildman–Crippen MR) is 73.4 cm³/mol. The standard InChI is InChI=1S/C15H21NO2/c1-3-5-11(2)16-9-4-6-12-10-13(15(17)18)7-8-14(12)16/h7-8,10-11H,3-6,9H2,1-2H3,(H,17,18). The second-order valence-electron chi connectivity index (χ2n) is 5.08. The first-order valence-corrected chi connectivity index (χ1v) is 6.76. The Morgan fingerprint density at radius 2 is 2.28 bits per heavy atom. The summed E-state index contributed by atoms with van der Waals surface area (Å²) in [5, 5.41) is 9.03. The minimum absolute atomic E-state index is 0.402. The number of benzene rings is 1. The molecule has 2 rings (SSSR count). The lowest BCUT2D eigenvalue weighted by Crippen LogP contribution is -2.37. The SMILES string of the molecule is CCCC(C)N1CCCc2cc(C(=O)O)ccc21. The van der Waals surface area contributed by atoms with E-state index in [1.165, 1.54) is 24.1 Å². The molecule has 0 aliphatic carbocycles. The number of hydrogen-bond acceptors (Lipinski definition) is 2. The monoisotopic (exact) mass is 247 g/mol. The Morgan fingerprint density at radius 3 is 2.94 bits per heavy atom. The normalized spacial score (nSPS) is 16.2. The Kier molecular flexibility index (Phi) is 3.90. The highest BCUT2D eigenvalue weighted by atomic mass is 16.4. The summed E-state index contributed by atoms with van der Waals surface area (Å²) in [5.41, 5.74) is 2.81. The smallest absolute Gasteiger partial charge is 0.335 e. The lowest BCUT2D eigenvalue weighted by atomic mass is 9.97. The fraction of sp³-hybridized carbons (Fsp3) is 0.533. The van der Waals surface area contributed by atoms with Gasteiger partial charge in [-0.3, -0.25) is 0 Å². The van der Waals surface area contributed by atoms with Crippen LogP contribution in [-0.2, 0) is 6.42 Å². The van der Waals surface area contributed by atoms with Crippen molar-refractivity contribution in [2.75, 3.05) is 11.4 Å². The molecule has 1 unspecified atom stereocenters. The first-order valence-electron chi connectivity index (χ1n) is 6.76. The summed E-state index contributed by atoms with van der Waals surface area (Å²) in [6, 6.07) is 6.06. The number of rotatable bonds is 4. The van der Waals surface area contributed by atoms with E-state index in [0.29, 0.717) is 11.6 Å². The maximum atomic E-state index is 11.0. The zero-order valence-electron chi connectivity index (χ0n) is 11.1. The van der Waals surface area contributed by atoms with E-state index in [2.05, 4.69) is 18.7 Å². The third-order valence-electron chi connectivity index (χ3n) is 3.72. The van der Waals surface area contributed by atoms with E-state index in [1.807, 2.05) is 12.1 Å². The molecule has 18 heavy (non-hydrogen) atoms. The molecule has 1 aromatic carbocycles. The van der Waals surface area contributed by atoms with Gasteiger partial charge in [0, 0.05) is 18.3 Å². The molecular formula is C15H21NO2. The summed E-state index contributed by atoms with van der Waals surface area (Å²) in [5.74, 6) is -0.837. The van der Waals surface area contributed by atoms with Gasteiger partial charge >= 0.3 is 5.97 Å². The van der Waals surface area contributed by atoms with Crippen LogP contribution in [-0.4, -0.2) is 23.7 Å². The van der Waals surface area contributed by atoms with Gasteiger partial charge in [-0.05, 0) is 49.9 Å². The van der Waals surface area contributed by atoms with Crippen LogP contribution in [0.25, 0.3) is 0 Å². The summed E-state index contributed by atoms with van der Waals surface area (Å²) in [6.45, 7) is 5.54. The zero-order valence-corrected chi connectivity index (χ0v) is 11.1. The maximum Gasteiger partial charge on any atom is 0.335 e. The number of carboxylic acid groups (broad SMARTS) is 1. The summed E-state index contributed by atoms with van der Waals surface area (Å²) in [7, 11) is 0. The number of anilines is 1. The van der Waals surface area contributed by atoms with Crippen LogP contribution in [0.1, 0.15) is 49.0 Å². The molecule has 3 heteroatoms. The Balaban J connectivity index is 2.29. The molecule has 0 saturated heterocycles. The van der Waals surface area contributed by atoms with Gasteiger partial charge in [-0.25, -0.2) is 4.79 Å². The van der Waals surface area contributed by atoms with Gasteiger partial charge in [0.05, 0.1) is 5.56 Å². The van der Waals surface area contributed by atoms with Crippen LogP contribution in [0.3, 0.4) is 0 Å². The minimum atomic E-state index is -0.837. The summed E-state index contributed by atoms with van der Waals surface area (Å²) in [4.78, 5) is 13.4. The van der Waals surface area contributed by atoms with Gasteiger partial charge in [-0.15, -0.1) is 0 Å². The topological polar surface area (TPSA) is 40.5 Å². The van der Waals surface area contributed by atoms with Gasteiger partial charge in [0.1, 0.15) is 0 Å². The molecule has 1 aliphatic rings. The van der Waals surface area contributed by atoms with Crippen LogP contribution in [0.2, 0.25) is 0 Å². The van der Waals surface area contributed by atoms with Gasteiger partial charge in [-0.2, -0.15) is 0 Å². The van der Waals surface area contributed by atoms with Gasteiger partial charge in [-0.1, -0.05) is 13.3 Å². The van der Waals surface area contributed by atoms with Crippen molar-refractivity contribution in [3.8, 4) is 0 Å². The Morgan fingerprint density at radius 1 is 1.50 bits per heavy atom. The predicted octanol–water partition coefficient (Wildman–Crippen LogP) is 3.33. The Labute approximate surface area is 108 Å². The molecular weight excluding hydrogens is 226 g/mol. The molecule has 0 bridgehead atoms. The number of fused-ring (bicyclic) bond motifs is 1. The molecule has 0 aromatic heterocycles. The number of carbonyl (C=O) groups is 1. The van der Waals surface area contributed by atoms with Crippen LogP contribution in [0.15, 0.2) is 18.2 Å². The van der Waals surface area contributed by atoms with E-state index in [-0.39, 0.29) is 0 Å². The van der Waals surface area contributed by atoms with Crippen LogP contribution in [0, 0.1) is 0 Å². The average Bonchev–Trinajstić information content (AvgIpc) is 2.37. The largest absolute Gasteiger partial charge is 0.478 e. The van der Waals surface area contributed by atoms with Crippen molar-refractivity contribution in [1.29, 1.82) is 0 Å². The van der Waals surface area contributed by atoms with Crippen LogP contribution < -0.4 is 4.90 Å². The van der Waals surface area contributed by atoms with Crippen LogP contribution in [0.5, 0.6) is 0 Å². The first kappa shape index (κ1) is 12.9. The van der Waals surface area contributed by atoms with Crippen molar-refractivity contribution >= 4 is 11.7 Å². The van der Waals surface area contributed by atoms with Crippen LogP contribution >= 0.6 is 0 Å². The molecule has 1 N–H and O–H groups in total. The molecule has 0 spiro atoms. The van der Waals surface area contributed by atoms with Crippen molar-refractivity contribution in [1.82, 2.24) is 0 Å². The molecule has 1 heterocycles. The number of nitrogens with zero attached hydrogens (tertiary/aromatic N) is 1. The van der Waals surface area contributed by atoms with E-state index < -0.39 is 5.97 Å². The average molecular weight is 247 g/mol. The molecule has 1 aromatic rings. The third kappa shape index (κ3) is 2.50. The molecule has 0 amide bonds. The van der Waals surface area contributed by atoms with Gasteiger partial charge in [0.2, 0.25) is 0 Å². The van der Waals surface area contributed by atoms with Crippen molar-refractivity contribution in [2.45, 2.75) is 45.6 Å². The second-order valence-corrected chi connectivity index (χ2v) is 5.08. The highest BCUT2D eigenvalue weighted by Crippen LogP contribution is 2.30. The number of aryl methyl sites for hydroxylation is 1. The lowest BCUT2D eigenvalue weighted by Gasteiger charge is -2.36. The molecule has 98 valence electrons. The highest BCUT2D eigenvalue weighted by molar-refractivity contribution is 5.88. The molecule has 0 fully saturated rings. The quantitative estimate of drug-likeness (QED) is 0.887. The van der Waals surface area contributed by atoms with E-state index in [9.17, 15) is 4.79 Å². The summed E-state index contributed by atoms with van der Waals surface area (Å²) >= 11 is 0. The zero-order chi connectivity index (χ0) is 13.1. The molecule has 0 saturated carbocycles. The lowest BCUT2D eigenvalue weighted by molar-refractivity contribution is 0.0697. The number of aromatic carboxylic acids is 1. The van der Waals surface area contributed by atoms with Crippen molar-refractivity contribution < 1.29 is 9.90 Å². The fourth-order valence-electron chi connectivity index (χ4n) is 2.79. The Bertz CT molecular complexity index is 442. The van der Waals surface area contributed by atoms with E-state index in [0.717, 1.165) is 19.4 Å². The van der Waals surface area contributed by atoms with Gasteiger partial charge in [0.25, 0.3) is 0 Å². The molecule has 1 atom stereocenters. The fourth-order valence-corrected chi connectivity index (χ4v) is 2.79. The van der Waals surface area contributed by atoms with Crippen molar-refractivity contribution in [3.05, 3.63) is 29.3 Å². The van der Waals surface area contributed by atoms with E-state index >= 15 is 0 Å². The summed E-state index contributed by atoms with van der Waals surface area (Å²) in [6.07, 6.45) is 4.47. The molecule has 0 radical (unpaired) electrons. The Hall–Kier alpha value is -1.51. The second kappa shape index (κ2) is 5.42.